The first kappa shape index (κ1) is 14.0. The predicted molar refractivity (Wildman–Crippen MR) is 71.9 cm³/mol. The zero-order chi connectivity index (χ0) is 14.5. The molecule has 0 saturated heterocycles. The Hall–Kier alpha value is -2.43. The first-order valence-corrected chi connectivity index (χ1v) is 6.10. The van der Waals surface area contributed by atoms with Gasteiger partial charge < -0.3 is 10.1 Å². The van der Waals surface area contributed by atoms with Crippen LogP contribution < -0.4 is 10.1 Å². The molecule has 5 heteroatoms. The van der Waals surface area contributed by atoms with Crippen molar-refractivity contribution in [2.75, 3.05) is 11.9 Å². The third-order valence-electron chi connectivity index (χ3n) is 2.63. The van der Waals surface area contributed by atoms with E-state index < -0.39 is 23.2 Å². The minimum Gasteiger partial charge on any atom is -0.493 e. The number of rotatable bonds is 4. The van der Waals surface area contributed by atoms with Gasteiger partial charge >= 0.3 is 0 Å². The first-order valence-electron chi connectivity index (χ1n) is 6.10. The Balaban J connectivity index is 2.29. The lowest BCUT2D eigenvalue weighted by molar-refractivity contribution is 0.102. The second-order valence-electron chi connectivity index (χ2n) is 3.98. The van der Waals surface area contributed by atoms with Gasteiger partial charge in [-0.2, -0.15) is 0 Å². The first-order chi connectivity index (χ1) is 9.63. The van der Waals surface area contributed by atoms with E-state index in [0.29, 0.717) is 12.4 Å². The molecular formula is C15H13F2NO2. The molecule has 0 spiro atoms. The maximum Gasteiger partial charge on any atom is 0.259 e. The highest BCUT2D eigenvalue weighted by molar-refractivity contribution is 6.06. The molecular weight excluding hydrogens is 264 g/mol. The van der Waals surface area contributed by atoms with Crippen molar-refractivity contribution in [1.82, 2.24) is 0 Å². The van der Waals surface area contributed by atoms with Crippen LogP contribution in [-0.4, -0.2) is 12.5 Å². The van der Waals surface area contributed by atoms with Crippen LogP contribution in [-0.2, 0) is 0 Å². The zero-order valence-corrected chi connectivity index (χ0v) is 10.8. The Bertz CT molecular complexity index is 609. The molecule has 0 radical (unpaired) electrons. The van der Waals surface area contributed by atoms with Crippen LogP contribution in [0.1, 0.15) is 17.3 Å². The fourth-order valence-corrected chi connectivity index (χ4v) is 1.73. The van der Waals surface area contributed by atoms with Crippen molar-refractivity contribution in [2.45, 2.75) is 6.92 Å². The molecule has 104 valence electrons. The summed E-state index contributed by atoms with van der Waals surface area (Å²) in [5.74, 6) is -1.92. The Morgan fingerprint density at radius 1 is 1.10 bits per heavy atom. The van der Waals surface area contributed by atoms with Gasteiger partial charge in [-0.05, 0) is 31.2 Å². The number of hydrogen-bond donors (Lipinski definition) is 1. The van der Waals surface area contributed by atoms with Gasteiger partial charge in [0.2, 0.25) is 0 Å². The van der Waals surface area contributed by atoms with Gasteiger partial charge in [0.05, 0.1) is 12.2 Å². The van der Waals surface area contributed by atoms with E-state index in [1.54, 1.807) is 25.1 Å². The highest BCUT2D eigenvalue weighted by atomic mass is 19.1. The van der Waals surface area contributed by atoms with Gasteiger partial charge in [0.15, 0.2) is 0 Å². The monoisotopic (exact) mass is 277 g/mol. The van der Waals surface area contributed by atoms with Gasteiger partial charge in [-0.1, -0.05) is 18.2 Å². The number of ether oxygens (including phenoxy) is 1. The third-order valence-corrected chi connectivity index (χ3v) is 2.63. The summed E-state index contributed by atoms with van der Waals surface area (Å²) in [6, 6.07) is 9.89. The number of carbonyl (C=O) groups is 1. The van der Waals surface area contributed by atoms with Crippen molar-refractivity contribution >= 4 is 11.6 Å². The normalized spacial score (nSPS) is 10.2. The van der Waals surface area contributed by atoms with E-state index in [4.69, 9.17) is 4.74 Å². The number of halogens is 2. The summed E-state index contributed by atoms with van der Waals surface area (Å²) in [5.41, 5.74) is -0.249. The minimum absolute atomic E-state index is 0.219. The lowest BCUT2D eigenvalue weighted by Gasteiger charge is -2.11. The fraction of sp³-hybridized carbons (Fsp3) is 0.133. The highest BCUT2D eigenvalue weighted by Gasteiger charge is 2.16. The Morgan fingerprint density at radius 3 is 2.40 bits per heavy atom. The van der Waals surface area contributed by atoms with Crippen LogP contribution in [0, 0.1) is 11.6 Å². The second kappa shape index (κ2) is 6.14. The van der Waals surface area contributed by atoms with Gasteiger partial charge in [-0.15, -0.1) is 0 Å². The number of nitrogens with one attached hydrogen (secondary N) is 1. The summed E-state index contributed by atoms with van der Waals surface area (Å²) in [7, 11) is 0. The number of anilines is 1. The fourth-order valence-electron chi connectivity index (χ4n) is 1.73. The molecule has 0 aliphatic rings. The topological polar surface area (TPSA) is 38.3 Å². The zero-order valence-electron chi connectivity index (χ0n) is 10.8. The number of amides is 1. The molecule has 1 N–H and O–H groups in total. The van der Waals surface area contributed by atoms with Gasteiger partial charge in [0.25, 0.3) is 5.91 Å². The van der Waals surface area contributed by atoms with E-state index in [2.05, 4.69) is 5.32 Å². The molecule has 0 fully saturated rings. The summed E-state index contributed by atoms with van der Waals surface area (Å²) in [6.45, 7) is 2.17. The summed E-state index contributed by atoms with van der Waals surface area (Å²) < 4.78 is 32.3. The van der Waals surface area contributed by atoms with E-state index in [-0.39, 0.29) is 5.56 Å². The van der Waals surface area contributed by atoms with Crippen molar-refractivity contribution in [3.63, 3.8) is 0 Å². The lowest BCUT2D eigenvalue weighted by Crippen LogP contribution is -2.15. The summed E-state index contributed by atoms with van der Waals surface area (Å²) in [6.07, 6.45) is 0. The molecule has 0 aliphatic heterocycles. The van der Waals surface area contributed by atoms with Crippen LogP contribution in [0.15, 0.2) is 42.5 Å². The molecule has 0 saturated carbocycles. The molecule has 0 atom stereocenters. The average Bonchev–Trinajstić information content (AvgIpc) is 2.44. The smallest absolute Gasteiger partial charge is 0.259 e. The van der Waals surface area contributed by atoms with Gasteiger partial charge in [0, 0.05) is 0 Å². The Labute approximate surface area is 115 Å². The molecule has 3 nitrogen and oxygen atoms in total. The number of hydrogen-bond acceptors (Lipinski definition) is 2. The summed E-state index contributed by atoms with van der Waals surface area (Å²) in [4.78, 5) is 12.1. The Morgan fingerprint density at radius 2 is 1.75 bits per heavy atom. The van der Waals surface area contributed by atoms with E-state index in [0.717, 1.165) is 12.1 Å². The number of benzene rings is 2. The maximum atomic E-state index is 13.5. The van der Waals surface area contributed by atoms with Crippen LogP contribution >= 0.6 is 0 Å². The van der Waals surface area contributed by atoms with E-state index in [9.17, 15) is 13.6 Å². The summed E-state index contributed by atoms with van der Waals surface area (Å²) >= 11 is 0. The van der Waals surface area contributed by atoms with Gasteiger partial charge in [-0.3, -0.25) is 4.79 Å². The van der Waals surface area contributed by atoms with Crippen LogP contribution in [0.25, 0.3) is 0 Å². The quantitative estimate of drug-likeness (QED) is 0.927. The second-order valence-corrected chi connectivity index (χ2v) is 3.98. The molecule has 0 aliphatic carbocycles. The largest absolute Gasteiger partial charge is 0.493 e. The van der Waals surface area contributed by atoms with E-state index in [1.165, 1.54) is 12.1 Å². The summed E-state index contributed by atoms with van der Waals surface area (Å²) in [5, 5.41) is 2.22. The van der Waals surface area contributed by atoms with Crippen molar-refractivity contribution in [1.29, 1.82) is 0 Å². The van der Waals surface area contributed by atoms with Crippen molar-refractivity contribution in [3.8, 4) is 5.75 Å². The van der Waals surface area contributed by atoms with Crippen LogP contribution in [0.5, 0.6) is 5.75 Å². The SMILES string of the molecule is CCOc1ccccc1C(=O)Nc1c(F)cccc1F. The maximum absolute atomic E-state index is 13.5. The molecule has 2 aromatic rings. The standard InChI is InChI=1S/C15H13F2NO2/c1-2-20-13-9-4-3-6-10(13)15(19)18-14-11(16)7-5-8-12(14)17/h3-9H,2H2,1H3,(H,18,19). The minimum atomic E-state index is -0.827. The number of para-hydroxylation sites is 2. The molecule has 0 aromatic heterocycles. The van der Waals surface area contributed by atoms with Gasteiger partial charge in [0.1, 0.15) is 23.1 Å². The Kier molecular flexibility index (Phi) is 4.30. The molecule has 20 heavy (non-hydrogen) atoms. The number of carbonyl (C=O) groups excluding carboxylic acids is 1. The molecule has 1 amide bonds. The molecule has 2 rings (SSSR count). The molecule has 2 aromatic carbocycles. The molecule has 0 bridgehead atoms. The molecule has 0 heterocycles. The van der Waals surface area contributed by atoms with Crippen LogP contribution in [0.3, 0.4) is 0 Å². The third kappa shape index (κ3) is 2.93. The predicted octanol–water partition coefficient (Wildman–Crippen LogP) is 3.62. The van der Waals surface area contributed by atoms with E-state index in [1.807, 2.05) is 0 Å². The van der Waals surface area contributed by atoms with Crippen molar-refractivity contribution < 1.29 is 18.3 Å². The average molecular weight is 277 g/mol. The van der Waals surface area contributed by atoms with Crippen molar-refractivity contribution in [3.05, 3.63) is 59.7 Å². The lowest BCUT2D eigenvalue weighted by atomic mass is 10.1. The van der Waals surface area contributed by atoms with Crippen LogP contribution in [0.2, 0.25) is 0 Å². The van der Waals surface area contributed by atoms with Gasteiger partial charge in [-0.25, -0.2) is 8.78 Å². The molecule has 0 unspecified atom stereocenters. The highest BCUT2D eigenvalue weighted by Crippen LogP contribution is 2.22. The van der Waals surface area contributed by atoms with Crippen LogP contribution in [0.4, 0.5) is 14.5 Å². The van der Waals surface area contributed by atoms with E-state index >= 15 is 0 Å². The van der Waals surface area contributed by atoms with Crippen molar-refractivity contribution in [2.24, 2.45) is 0 Å².